The highest BCUT2D eigenvalue weighted by molar-refractivity contribution is 6.32. The van der Waals surface area contributed by atoms with Gasteiger partial charge in [-0.3, -0.25) is 25.1 Å². The van der Waals surface area contributed by atoms with E-state index in [1.54, 1.807) is 24.3 Å². The number of hydrogen-bond acceptors (Lipinski definition) is 4. The lowest BCUT2D eigenvalue weighted by molar-refractivity contribution is -0.130. The number of hydrogen-bond donors (Lipinski definition) is 2. The SMILES string of the molecule is Cc1nn(CC(C)C)c(C)c1CCC(=O)NNC(=O)COc1ccccc1Cl. The van der Waals surface area contributed by atoms with Gasteiger partial charge in [-0.25, -0.2) is 0 Å². The molecule has 152 valence electrons. The van der Waals surface area contributed by atoms with Crippen LogP contribution < -0.4 is 15.6 Å². The maximum atomic E-state index is 12.0. The first-order valence-corrected chi connectivity index (χ1v) is 9.63. The molecule has 2 amide bonds. The molecule has 0 bridgehead atoms. The average Bonchev–Trinajstić information content (AvgIpc) is 2.90. The molecule has 2 rings (SSSR count). The van der Waals surface area contributed by atoms with Gasteiger partial charge in [0.15, 0.2) is 6.61 Å². The number of rotatable bonds is 8. The summed E-state index contributed by atoms with van der Waals surface area (Å²) in [6.45, 7) is 8.85. The minimum atomic E-state index is -0.467. The van der Waals surface area contributed by atoms with Crippen LogP contribution in [0, 0.1) is 19.8 Å². The summed E-state index contributed by atoms with van der Waals surface area (Å²) >= 11 is 5.96. The van der Waals surface area contributed by atoms with Crippen LogP contribution in [0.4, 0.5) is 0 Å². The van der Waals surface area contributed by atoms with Crippen LogP contribution in [0.2, 0.25) is 5.02 Å². The summed E-state index contributed by atoms with van der Waals surface area (Å²) in [4.78, 5) is 23.9. The molecule has 0 aliphatic rings. The number of amides is 2. The first kappa shape index (κ1) is 21.8. The molecule has 2 N–H and O–H groups in total. The quantitative estimate of drug-likeness (QED) is 0.660. The summed E-state index contributed by atoms with van der Waals surface area (Å²) < 4.78 is 7.31. The van der Waals surface area contributed by atoms with E-state index in [1.807, 2.05) is 18.5 Å². The van der Waals surface area contributed by atoms with Crippen molar-refractivity contribution < 1.29 is 14.3 Å². The predicted octanol–water partition coefficient (Wildman–Crippen LogP) is 2.97. The molecule has 0 saturated carbocycles. The van der Waals surface area contributed by atoms with Crippen LogP contribution in [0.5, 0.6) is 5.75 Å². The fourth-order valence-corrected chi connectivity index (χ4v) is 2.99. The lowest BCUT2D eigenvalue weighted by Gasteiger charge is -2.10. The Morgan fingerprint density at radius 2 is 1.86 bits per heavy atom. The smallest absolute Gasteiger partial charge is 0.276 e. The topological polar surface area (TPSA) is 85.3 Å². The molecule has 1 aromatic carbocycles. The molecule has 0 unspecified atom stereocenters. The molecular weight excluding hydrogens is 380 g/mol. The van der Waals surface area contributed by atoms with Crippen molar-refractivity contribution in [1.29, 1.82) is 0 Å². The minimum absolute atomic E-state index is 0.246. The van der Waals surface area contributed by atoms with E-state index >= 15 is 0 Å². The molecule has 0 saturated heterocycles. The molecule has 1 heterocycles. The number of carbonyl (C=O) groups excluding carboxylic acids is 2. The third-order valence-electron chi connectivity index (χ3n) is 4.21. The molecule has 8 heteroatoms. The van der Waals surface area contributed by atoms with Gasteiger partial charge in [-0.1, -0.05) is 37.6 Å². The molecule has 28 heavy (non-hydrogen) atoms. The highest BCUT2D eigenvalue weighted by Crippen LogP contribution is 2.22. The van der Waals surface area contributed by atoms with Crippen LogP contribution in [0.25, 0.3) is 0 Å². The second-order valence-electron chi connectivity index (χ2n) is 7.04. The summed E-state index contributed by atoms with van der Waals surface area (Å²) in [5.74, 6) is 0.166. The van der Waals surface area contributed by atoms with Gasteiger partial charge in [-0.05, 0) is 43.9 Å². The zero-order valence-electron chi connectivity index (χ0n) is 16.7. The Morgan fingerprint density at radius 3 is 2.54 bits per heavy atom. The second kappa shape index (κ2) is 10.1. The predicted molar refractivity (Wildman–Crippen MR) is 108 cm³/mol. The van der Waals surface area contributed by atoms with Gasteiger partial charge < -0.3 is 4.74 Å². The van der Waals surface area contributed by atoms with Crippen LogP contribution in [0.15, 0.2) is 24.3 Å². The first-order valence-electron chi connectivity index (χ1n) is 9.25. The zero-order chi connectivity index (χ0) is 20.7. The summed E-state index contributed by atoms with van der Waals surface area (Å²) in [5, 5.41) is 4.97. The molecule has 0 spiro atoms. The maximum absolute atomic E-state index is 12.0. The molecule has 0 fully saturated rings. The molecule has 0 aliphatic carbocycles. The lowest BCUT2D eigenvalue weighted by Crippen LogP contribution is -2.43. The van der Waals surface area contributed by atoms with Gasteiger partial charge in [-0.2, -0.15) is 5.10 Å². The van der Waals surface area contributed by atoms with Gasteiger partial charge in [0.25, 0.3) is 5.91 Å². The Labute approximate surface area is 170 Å². The molecule has 1 aromatic heterocycles. The standard InChI is InChI=1S/C20H27ClN4O3/c1-13(2)11-25-15(4)16(14(3)24-25)9-10-19(26)22-23-20(27)12-28-18-8-6-5-7-17(18)21/h5-8,13H,9-12H2,1-4H3,(H,22,26)(H,23,27). The highest BCUT2D eigenvalue weighted by atomic mass is 35.5. The monoisotopic (exact) mass is 406 g/mol. The summed E-state index contributed by atoms with van der Waals surface area (Å²) in [5.41, 5.74) is 7.83. The number of halogens is 1. The van der Waals surface area contributed by atoms with Gasteiger partial charge in [0.1, 0.15) is 5.75 Å². The van der Waals surface area contributed by atoms with Crippen LogP contribution in [0.3, 0.4) is 0 Å². The highest BCUT2D eigenvalue weighted by Gasteiger charge is 2.14. The molecule has 0 radical (unpaired) electrons. The van der Waals surface area contributed by atoms with E-state index in [1.165, 1.54) is 0 Å². The molecular formula is C20H27ClN4O3. The normalized spacial score (nSPS) is 10.8. The van der Waals surface area contributed by atoms with E-state index in [0.29, 0.717) is 23.1 Å². The summed E-state index contributed by atoms with van der Waals surface area (Å²) in [6, 6.07) is 6.86. The van der Waals surface area contributed by atoms with Crippen molar-refractivity contribution in [1.82, 2.24) is 20.6 Å². The Bertz CT molecular complexity index is 833. The van der Waals surface area contributed by atoms with Crippen molar-refractivity contribution in [2.24, 2.45) is 5.92 Å². The third-order valence-corrected chi connectivity index (χ3v) is 4.52. The fourth-order valence-electron chi connectivity index (χ4n) is 2.80. The van der Waals surface area contributed by atoms with E-state index in [2.05, 4.69) is 29.8 Å². The van der Waals surface area contributed by atoms with E-state index in [-0.39, 0.29) is 18.9 Å². The maximum Gasteiger partial charge on any atom is 0.276 e. The lowest BCUT2D eigenvalue weighted by atomic mass is 10.1. The average molecular weight is 407 g/mol. The van der Waals surface area contributed by atoms with Crippen molar-refractivity contribution in [2.75, 3.05) is 6.61 Å². The van der Waals surface area contributed by atoms with E-state index in [0.717, 1.165) is 23.5 Å². The number of benzene rings is 1. The number of aryl methyl sites for hydroxylation is 1. The van der Waals surface area contributed by atoms with E-state index in [4.69, 9.17) is 16.3 Å². The summed E-state index contributed by atoms with van der Waals surface area (Å²) in [7, 11) is 0. The molecule has 0 aliphatic heterocycles. The Hall–Kier alpha value is -2.54. The number of nitrogens with one attached hydrogen (secondary N) is 2. The van der Waals surface area contributed by atoms with Crippen LogP contribution in [-0.2, 0) is 22.6 Å². The van der Waals surface area contributed by atoms with E-state index < -0.39 is 5.91 Å². The Kier molecular flexibility index (Phi) is 7.87. The largest absolute Gasteiger partial charge is 0.482 e. The Morgan fingerprint density at radius 1 is 1.18 bits per heavy atom. The Balaban J connectivity index is 1.76. The summed E-state index contributed by atoms with van der Waals surface area (Å²) in [6.07, 6.45) is 0.814. The van der Waals surface area contributed by atoms with Gasteiger partial charge in [0, 0.05) is 18.7 Å². The van der Waals surface area contributed by atoms with Crippen LogP contribution in [-0.4, -0.2) is 28.2 Å². The number of para-hydroxylation sites is 1. The van der Waals surface area contributed by atoms with Gasteiger partial charge in [0.2, 0.25) is 5.91 Å². The number of aromatic nitrogens is 2. The first-order chi connectivity index (χ1) is 13.3. The number of ether oxygens (including phenoxy) is 1. The van der Waals surface area contributed by atoms with Gasteiger partial charge in [0.05, 0.1) is 10.7 Å². The van der Waals surface area contributed by atoms with Crippen LogP contribution in [0.1, 0.15) is 37.2 Å². The fraction of sp³-hybridized carbons (Fsp3) is 0.450. The molecule has 0 atom stereocenters. The van der Waals surface area contributed by atoms with Gasteiger partial charge >= 0.3 is 0 Å². The van der Waals surface area contributed by atoms with Crippen molar-refractivity contribution in [3.05, 3.63) is 46.2 Å². The number of nitrogens with zero attached hydrogens (tertiary/aromatic N) is 2. The van der Waals surface area contributed by atoms with Gasteiger partial charge in [-0.15, -0.1) is 0 Å². The second-order valence-corrected chi connectivity index (χ2v) is 7.45. The minimum Gasteiger partial charge on any atom is -0.482 e. The van der Waals surface area contributed by atoms with E-state index in [9.17, 15) is 9.59 Å². The van der Waals surface area contributed by atoms with Crippen molar-refractivity contribution >= 4 is 23.4 Å². The zero-order valence-corrected chi connectivity index (χ0v) is 17.5. The van der Waals surface area contributed by atoms with Crippen LogP contribution >= 0.6 is 11.6 Å². The van der Waals surface area contributed by atoms with Crippen molar-refractivity contribution in [3.8, 4) is 5.75 Å². The van der Waals surface area contributed by atoms with Crippen molar-refractivity contribution in [2.45, 2.75) is 47.1 Å². The third kappa shape index (κ3) is 6.27. The molecule has 7 nitrogen and oxygen atoms in total. The number of carbonyl (C=O) groups is 2. The number of hydrazine groups is 1. The van der Waals surface area contributed by atoms with Crippen molar-refractivity contribution in [3.63, 3.8) is 0 Å². The molecule has 2 aromatic rings.